The molecule has 0 aromatic heterocycles. The largest absolute Gasteiger partial charge is 0.437 e. The van der Waals surface area contributed by atoms with Crippen LogP contribution in [-0.2, 0) is 8.23 Å². The first kappa shape index (κ1) is 19.6. The minimum absolute atomic E-state index is 0.0424. The van der Waals surface area contributed by atoms with E-state index in [0.29, 0.717) is 0 Å². The van der Waals surface area contributed by atoms with Gasteiger partial charge < -0.3 is 13.3 Å². The fourth-order valence-electron chi connectivity index (χ4n) is 3.46. The molecule has 0 unspecified atom stereocenters. The van der Waals surface area contributed by atoms with Crippen LogP contribution < -0.4 is 0 Å². The maximum Gasteiger partial charge on any atom is 0.311 e. The van der Waals surface area contributed by atoms with Gasteiger partial charge in [0.25, 0.3) is 0 Å². The topological polar surface area (TPSA) is 38.7 Å². The van der Waals surface area contributed by atoms with E-state index in [1.54, 1.807) is 0 Å². The number of hydrogen-bond donors (Lipinski definition) is 1. The molecule has 1 aliphatic rings. The minimum Gasteiger partial charge on any atom is -0.437 e. The van der Waals surface area contributed by atoms with E-state index in [0.717, 1.165) is 18.8 Å². The van der Waals surface area contributed by atoms with Crippen LogP contribution in [0, 0.1) is 5.92 Å². The van der Waals surface area contributed by atoms with Crippen molar-refractivity contribution >= 4 is 25.2 Å². The van der Waals surface area contributed by atoms with Crippen molar-refractivity contribution in [3.05, 3.63) is 0 Å². The van der Waals surface area contributed by atoms with Crippen LogP contribution in [0.4, 0.5) is 0 Å². The van der Waals surface area contributed by atoms with E-state index < -0.39 is 25.2 Å². The monoisotopic (exact) mass is 348 g/mol. The summed E-state index contributed by atoms with van der Waals surface area (Å²) in [5, 5.41) is 9.59. The number of aliphatic hydroxyl groups excluding tert-OH is 1. The van der Waals surface area contributed by atoms with Crippen molar-refractivity contribution in [3.8, 4) is 0 Å². The highest BCUT2D eigenvalue weighted by atomic mass is 28.5. The lowest BCUT2D eigenvalue weighted by Gasteiger charge is -2.38. The van der Waals surface area contributed by atoms with E-state index in [-0.39, 0.29) is 6.10 Å². The summed E-state index contributed by atoms with van der Waals surface area (Å²) in [4.78, 5) is 0. The Balaban J connectivity index is 2.42. The summed E-state index contributed by atoms with van der Waals surface area (Å²) in [5.41, 5.74) is 0. The molecule has 3 nitrogen and oxygen atoms in total. The molecular weight excluding hydrogens is 312 g/mol. The molecule has 0 saturated heterocycles. The number of hydrogen-bond acceptors (Lipinski definition) is 3. The van der Waals surface area contributed by atoms with Crippen LogP contribution in [0.2, 0.25) is 51.9 Å². The average molecular weight is 349 g/mol. The first-order valence-corrected chi connectivity index (χ1v) is 17.8. The van der Waals surface area contributed by atoms with Gasteiger partial charge in [0.15, 0.2) is 16.6 Å². The van der Waals surface area contributed by atoms with Gasteiger partial charge in [-0.3, -0.25) is 0 Å². The molecule has 0 radical (unpaired) electrons. The summed E-state index contributed by atoms with van der Waals surface area (Å²) in [6.45, 7) is 15.8. The van der Waals surface area contributed by atoms with Crippen LogP contribution in [0.15, 0.2) is 0 Å². The molecule has 1 fully saturated rings. The van der Waals surface area contributed by atoms with Crippen molar-refractivity contribution in [3.63, 3.8) is 0 Å². The first-order chi connectivity index (χ1) is 9.39. The van der Waals surface area contributed by atoms with Crippen molar-refractivity contribution in [2.75, 3.05) is 0 Å². The molecule has 0 atom stereocenters. The van der Waals surface area contributed by atoms with Gasteiger partial charge in [0.1, 0.15) is 0 Å². The van der Waals surface area contributed by atoms with Crippen LogP contribution in [0.25, 0.3) is 0 Å². The summed E-state index contributed by atoms with van der Waals surface area (Å²) in [6, 6.07) is 1.22. The summed E-state index contributed by atoms with van der Waals surface area (Å²) in [6.07, 6.45) is 5.59. The lowest BCUT2D eigenvalue weighted by atomic mass is 9.86. The molecule has 126 valence electrons. The molecule has 0 heterocycles. The van der Waals surface area contributed by atoms with Crippen molar-refractivity contribution in [2.24, 2.45) is 5.92 Å². The zero-order chi connectivity index (χ0) is 16.3. The fraction of sp³-hybridized carbons (Fsp3) is 1.00. The Hall–Kier alpha value is 0.531. The molecule has 1 rings (SSSR count). The lowest BCUT2D eigenvalue weighted by molar-refractivity contribution is 0.107. The maximum atomic E-state index is 9.59. The molecule has 0 aromatic rings. The number of aliphatic hydroxyl groups is 1. The van der Waals surface area contributed by atoms with Gasteiger partial charge in [-0.25, -0.2) is 0 Å². The molecule has 0 spiro atoms. The second-order valence-corrected chi connectivity index (χ2v) is 21.4. The van der Waals surface area contributed by atoms with Gasteiger partial charge in [-0.15, -0.1) is 0 Å². The van der Waals surface area contributed by atoms with Gasteiger partial charge in [-0.05, 0) is 83.5 Å². The van der Waals surface area contributed by atoms with Crippen LogP contribution in [-0.4, -0.2) is 36.4 Å². The van der Waals surface area contributed by atoms with E-state index >= 15 is 0 Å². The predicted molar refractivity (Wildman–Crippen MR) is 97.9 cm³/mol. The molecule has 0 bridgehead atoms. The molecule has 6 heteroatoms. The van der Waals surface area contributed by atoms with Crippen molar-refractivity contribution < 1.29 is 13.3 Å². The van der Waals surface area contributed by atoms with E-state index in [1.807, 2.05) is 0 Å². The average Bonchev–Trinajstić information content (AvgIpc) is 2.23. The summed E-state index contributed by atoms with van der Waals surface area (Å²) < 4.78 is 12.9. The zero-order valence-electron chi connectivity index (χ0n) is 15.2. The van der Waals surface area contributed by atoms with Crippen LogP contribution in [0.3, 0.4) is 0 Å². The van der Waals surface area contributed by atoms with Crippen LogP contribution in [0.1, 0.15) is 32.1 Å². The number of rotatable bonds is 7. The predicted octanol–water partition coefficient (Wildman–Crippen LogP) is 4.70. The third-order valence-electron chi connectivity index (χ3n) is 4.04. The Bertz CT molecular complexity index is 319. The highest BCUT2D eigenvalue weighted by molar-refractivity contribution is 6.87. The third-order valence-corrected chi connectivity index (χ3v) is 14.1. The second-order valence-electron chi connectivity index (χ2n) is 8.69. The molecule has 1 saturated carbocycles. The van der Waals surface area contributed by atoms with E-state index in [4.69, 9.17) is 8.23 Å². The second kappa shape index (κ2) is 7.40. The molecule has 0 aliphatic heterocycles. The zero-order valence-corrected chi connectivity index (χ0v) is 18.2. The normalized spacial score (nSPS) is 25.1. The highest BCUT2D eigenvalue weighted by Crippen LogP contribution is 2.31. The van der Waals surface area contributed by atoms with Gasteiger partial charge in [0.2, 0.25) is 0 Å². The summed E-state index contributed by atoms with van der Waals surface area (Å²) in [5.74, 6) is 0.798. The van der Waals surface area contributed by atoms with Gasteiger partial charge in [-0.2, -0.15) is 0 Å². The maximum absolute atomic E-state index is 9.59. The Labute approximate surface area is 135 Å². The van der Waals surface area contributed by atoms with Gasteiger partial charge in [0.05, 0.1) is 6.10 Å². The quantitative estimate of drug-likeness (QED) is 0.678. The lowest BCUT2D eigenvalue weighted by Crippen LogP contribution is -2.51. The molecule has 21 heavy (non-hydrogen) atoms. The highest BCUT2D eigenvalue weighted by Gasteiger charge is 2.38. The fourth-order valence-corrected chi connectivity index (χ4v) is 16.7. The summed E-state index contributed by atoms with van der Waals surface area (Å²) in [7, 11) is -5.16. The van der Waals surface area contributed by atoms with E-state index in [2.05, 4.69) is 45.8 Å². The standard InChI is InChI=1S/C15H36O3Si3/c1-19(2,3)17-21(6,7)18-20(4,5)13-12-14-8-10-15(16)11-9-14/h14-16H,8-13H2,1-7H3. The van der Waals surface area contributed by atoms with Crippen molar-refractivity contribution in [1.82, 2.24) is 0 Å². The SMILES string of the molecule is C[Si](C)(C)O[Si](C)(C)O[Si](C)(C)CCC1CCC(O)CC1. The minimum atomic E-state index is -1.99. The van der Waals surface area contributed by atoms with E-state index in [1.165, 1.54) is 25.3 Å². The van der Waals surface area contributed by atoms with Gasteiger partial charge >= 0.3 is 8.56 Å². The van der Waals surface area contributed by atoms with Crippen LogP contribution >= 0.6 is 0 Å². The third kappa shape index (κ3) is 8.66. The van der Waals surface area contributed by atoms with Gasteiger partial charge in [0, 0.05) is 0 Å². The van der Waals surface area contributed by atoms with E-state index in [9.17, 15) is 5.11 Å². The summed E-state index contributed by atoms with van der Waals surface area (Å²) >= 11 is 0. The Kier molecular flexibility index (Phi) is 6.90. The van der Waals surface area contributed by atoms with Crippen molar-refractivity contribution in [1.29, 1.82) is 0 Å². The Morgan fingerprint density at radius 2 is 1.38 bits per heavy atom. The first-order valence-electron chi connectivity index (χ1n) is 8.47. The Morgan fingerprint density at radius 3 is 1.86 bits per heavy atom. The van der Waals surface area contributed by atoms with Gasteiger partial charge in [-0.1, -0.05) is 6.42 Å². The molecule has 1 aliphatic carbocycles. The molecule has 0 amide bonds. The molecule has 1 N–H and O–H groups in total. The Morgan fingerprint density at radius 1 is 0.857 bits per heavy atom. The molecular formula is C15H36O3Si3. The van der Waals surface area contributed by atoms with Crippen LogP contribution in [0.5, 0.6) is 0 Å². The smallest absolute Gasteiger partial charge is 0.311 e. The van der Waals surface area contributed by atoms with Crippen molar-refractivity contribution in [2.45, 2.75) is 90.1 Å². The molecule has 0 aromatic carbocycles.